The van der Waals surface area contributed by atoms with Gasteiger partial charge in [0.15, 0.2) is 0 Å². The summed E-state index contributed by atoms with van der Waals surface area (Å²) in [5.41, 5.74) is 1.02. The summed E-state index contributed by atoms with van der Waals surface area (Å²) in [5, 5.41) is 0. The van der Waals surface area contributed by atoms with Crippen molar-refractivity contribution in [1.29, 1.82) is 0 Å². The molecule has 1 amide bonds. The maximum Gasteiger partial charge on any atom is 0.228 e. The second kappa shape index (κ2) is 8.18. The Hall–Kier alpha value is -1.31. The molecule has 2 rings (SSSR count). The van der Waals surface area contributed by atoms with Crippen LogP contribution in [0.3, 0.4) is 0 Å². The Morgan fingerprint density at radius 3 is 2.17 bits per heavy atom. The third kappa shape index (κ3) is 5.09. The van der Waals surface area contributed by atoms with Crippen LogP contribution >= 0.6 is 0 Å². The fraction of sp³-hybridized carbons (Fsp3) is 0.682. The highest BCUT2D eigenvalue weighted by Gasteiger charge is 2.34. The first kappa shape index (κ1) is 19.0. The quantitative estimate of drug-likeness (QED) is 0.716. The van der Waals surface area contributed by atoms with Crippen molar-refractivity contribution in [2.45, 2.75) is 72.8 Å². The molecule has 0 unspecified atom stereocenters. The summed E-state index contributed by atoms with van der Waals surface area (Å²) in [6.45, 7) is 11.6. The van der Waals surface area contributed by atoms with Gasteiger partial charge in [-0.1, -0.05) is 65.0 Å². The van der Waals surface area contributed by atoms with E-state index in [1.54, 1.807) is 0 Å². The van der Waals surface area contributed by atoms with Crippen LogP contribution in [0.15, 0.2) is 30.3 Å². The van der Waals surface area contributed by atoms with Crippen LogP contribution in [0.2, 0.25) is 0 Å². The van der Waals surface area contributed by atoms with E-state index in [2.05, 4.69) is 49.1 Å². The van der Waals surface area contributed by atoms with Gasteiger partial charge in [-0.05, 0) is 49.5 Å². The molecule has 1 aromatic carbocycles. The van der Waals surface area contributed by atoms with Crippen molar-refractivity contribution < 1.29 is 4.79 Å². The smallest absolute Gasteiger partial charge is 0.228 e. The Morgan fingerprint density at radius 2 is 1.67 bits per heavy atom. The summed E-state index contributed by atoms with van der Waals surface area (Å²) in [6, 6.07) is 11.0. The summed E-state index contributed by atoms with van der Waals surface area (Å²) in [7, 11) is 0. The van der Waals surface area contributed by atoms with E-state index in [0.29, 0.717) is 11.9 Å². The van der Waals surface area contributed by atoms with Crippen LogP contribution in [0.1, 0.15) is 65.9 Å². The molecule has 0 heterocycles. The third-order valence-corrected chi connectivity index (χ3v) is 5.51. The third-order valence-electron chi connectivity index (χ3n) is 5.51. The molecular weight excluding hydrogens is 294 g/mol. The van der Waals surface area contributed by atoms with Crippen molar-refractivity contribution in [2.24, 2.45) is 17.3 Å². The highest BCUT2D eigenvalue weighted by molar-refractivity contribution is 5.81. The molecule has 2 heteroatoms. The zero-order valence-corrected chi connectivity index (χ0v) is 16.2. The Kier molecular flexibility index (Phi) is 6.48. The van der Waals surface area contributed by atoms with Crippen molar-refractivity contribution >= 4 is 5.91 Å². The lowest BCUT2D eigenvalue weighted by Gasteiger charge is -2.40. The fourth-order valence-electron chi connectivity index (χ4n) is 3.85. The number of amides is 1. The van der Waals surface area contributed by atoms with Crippen molar-refractivity contribution in [3.8, 4) is 0 Å². The van der Waals surface area contributed by atoms with Crippen molar-refractivity contribution in [3.05, 3.63) is 35.9 Å². The topological polar surface area (TPSA) is 20.3 Å². The Bertz CT molecular complexity index is 507. The first-order valence-corrected chi connectivity index (χ1v) is 9.64. The van der Waals surface area contributed by atoms with Gasteiger partial charge < -0.3 is 4.90 Å². The van der Waals surface area contributed by atoms with Gasteiger partial charge in [0.25, 0.3) is 0 Å². The monoisotopic (exact) mass is 329 g/mol. The average Bonchev–Trinajstić information content (AvgIpc) is 2.55. The molecule has 24 heavy (non-hydrogen) atoms. The molecule has 1 fully saturated rings. The number of rotatable bonds is 5. The Morgan fingerprint density at radius 1 is 1.08 bits per heavy atom. The van der Waals surface area contributed by atoms with E-state index in [-0.39, 0.29) is 5.41 Å². The van der Waals surface area contributed by atoms with E-state index in [1.807, 2.05) is 20.8 Å². The van der Waals surface area contributed by atoms with Gasteiger partial charge in [-0.2, -0.15) is 0 Å². The normalized spacial score (nSPS) is 21.8. The van der Waals surface area contributed by atoms with Gasteiger partial charge in [-0.15, -0.1) is 0 Å². The molecular formula is C22H35NO. The molecule has 0 spiro atoms. The van der Waals surface area contributed by atoms with E-state index < -0.39 is 0 Å². The number of hydrogen-bond acceptors (Lipinski definition) is 1. The van der Waals surface area contributed by atoms with E-state index in [0.717, 1.165) is 24.8 Å². The lowest BCUT2D eigenvalue weighted by Crippen LogP contribution is -2.48. The van der Waals surface area contributed by atoms with Crippen molar-refractivity contribution in [1.82, 2.24) is 4.90 Å². The van der Waals surface area contributed by atoms with Crippen LogP contribution in [-0.4, -0.2) is 23.4 Å². The number of nitrogens with zero attached hydrogens (tertiary/aromatic N) is 1. The van der Waals surface area contributed by atoms with Crippen molar-refractivity contribution in [2.75, 3.05) is 6.54 Å². The summed E-state index contributed by atoms with van der Waals surface area (Å²) < 4.78 is 0. The van der Waals surface area contributed by atoms with Gasteiger partial charge in [0.05, 0.1) is 0 Å². The van der Waals surface area contributed by atoms with Crippen LogP contribution in [0, 0.1) is 17.3 Å². The number of carbonyl (C=O) groups is 1. The second-order valence-corrected chi connectivity index (χ2v) is 8.80. The summed E-state index contributed by atoms with van der Waals surface area (Å²) in [4.78, 5) is 15.2. The minimum absolute atomic E-state index is 0.300. The number of carbonyl (C=O) groups excluding carboxylic acids is 1. The summed E-state index contributed by atoms with van der Waals surface area (Å²) in [6.07, 6.45) is 5.81. The molecule has 0 radical (unpaired) electrons. The standard InChI is InChI=1S/C22H35NO/c1-17(2)19-11-13-20(14-12-19)23(21(24)22(3,4)5)16-15-18-9-7-6-8-10-18/h6-10,17,19-20H,11-16H2,1-5H3. The zero-order chi connectivity index (χ0) is 17.7. The van der Waals surface area contributed by atoms with Crippen molar-refractivity contribution in [3.63, 3.8) is 0 Å². The van der Waals surface area contributed by atoms with Crippen LogP contribution in [0.4, 0.5) is 0 Å². The molecule has 0 bridgehead atoms. The molecule has 1 aliphatic rings. The average molecular weight is 330 g/mol. The molecule has 0 atom stereocenters. The number of hydrogen-bond donors (Lipinski definition) is 0. The highest BCUT2D eigenvalue weighted by atomic mass is 16.2. The molecule has 134 valence electrons. The highest BCUT2D eigenvalue weighted by Crippen LogP contribution is 2.33. The molecule has 2 nitrogen and oxygen atoms in total. The molecule has 0 N–H and O–H groups in total. The summed E-state index contributed by atoms with van der Waals surface area (Å²) in [5.74, 6) is 1.91. The van der Waals surface area contributed by atoms with Gasteiger partial charge in [-0.3, -0.25) is 4.79 Å². The molecule has 0 saturated heterocycles. The van der Waals surface area contributed by atoms with E-state index in [4.69, 9.17) is 0 Å². The minimum atomic E-state index is -0.300. The first-order chi connectivity index (χ1) is 11.3. The van der Waals surface area contributed by atoms with Gasteiger partial charge in [0, 0.05) is 18.0 Å². The van der Waals surface area contributed by atoms with Gasteiger partial charge in [0.1, 0.15) is 0 Å². The van der Waals surface area contributed by atoms with E-state index in [1.165, 1.54) is 31.2 Å². The van der Waals surface area contributed by atoms with Gasteiger partial charge in [0.2, 0.25) is 5.91 Å². The lowest BCUT2D eigenvalue weighted by molar-refractivity contribution is -0.142. The molecule has 0 aromatic heterocycles. The maximum atomic E-state index is 13.0. The van der Waals surface area contributed by atoms with E-state index >= 15 is 0 Å². The number of benzene rings is 1. The molecule has 1 aromatic rings. The van der Waals surface area contributed by atoms with Gasteiger partial charge in [-0.25, -0.2) is 0 Å². The van der Waals surface area contributed by atoms with Crippen LogP contribution in [0.5, 0.6) is 0 Å². The fourth-order valence-corrected chi connectivity index (χ4v) is 3.85. The molecule has 1 aliphatic carbocycles. The molecule has 1 saturated carbocycles. The Balaban J connectivity index is 2.05. The van der Waals surface area contributed by atoms with Crippen LogP contribution in [-0.2, 0) is 11.2 Å². The predicted molar refractivity (Wildman–Crippen MR) is 102 cm³/mol. The second-order valence-electron chi connectivity index (χ2n) is 8.80. The maximum absolute atomic E-state index is 13.0. The zero-order valence-electron chi connectivity index (χ0n) is 16.2. The van der Waals surface area contributed by atoms with E-state index in [9.17, 15) is 4.79 Å². The van der Waals surface area contributed by atoms with Crippen LogP contribution in [0.25, 0.3) is 0 Å². The first-order valence-electron chi connectivity index (χ1n) is 9.64. The minimum Gasteiger partial charge on any atom is -0.339 e. The van der Waals surface area contributed by atoms with Crippen LogP contribution < -0.4 is 0 Å². The lowest BCUT2D eigenvalue weighted by atomic mass is 9.78. The Labute approximate surface area is 148 Å². The predicted octanol–water partition coefficient (Wildman–Crippen LogP) is 5.32. The largest absolute Gasteiger partial charge is 0.339 e. The summed E-state index contributed by atoms with van der Waals surface area (Å²) >= 11 is 0. The SMILES string of the molecule is CC(C)C1CCC(N(CCc2ccccc2)C(=O)C(C)(C)C)CC1. The molecule has 0 aliphatic heterocycles. The van der Waals surface area contributed by atoms with Gasteiger partial charge >= 0.3 is 0 Å².